The standard InChI is InChI=1S/C18H23NO/c1-16-8-10-18(11-9-16)15-20-13-5-12-19-14-17-6-3-2-4-7-17/h2-4,6-11,19H,5,12-15H2,1H3. The fourth-order valence-electron chi connectivity index (χ4n) is 2.00. The number of benzene rings is 2. The summed E-state index contributed by atoms with van der Waals surface area (Å²) in [5, 5.41) is 3.43. The van der Waals surface area contributed by atoms with Gasteiger partial charge < -0.3 is 10.1 Å². The van der Waals surface area contributed by atoms with Gasteiger partial charge in [0.25, 0.3) is 0 Å². The van der Waals surface area contributed by atoms with Crippen LogP contribution in [0.1, 0.15) is 23.1 Å². The normalized spacial score (nSPS) is 10.7. The molecule has 0 aliphatic carbocycles. The van der Waals surface area contributed by atoms with Crippen molar-refractivity contribution < 1.29 is 4.74 Å². The summed E-state index contributed by atoms with van der Waals surface area (Å²) in [4.78, 5) is 0. The molecule has 0 unspecified atom stereocenters. The summed E-state index contributed by atoms with van der Waals surface area (Å²) in [6.45, 7) is 5.53. The first-order chi connectivity index (χ1) is 9.84. The molecule has 20 heavy (non-hydrogen) atoms. The van der Waals surface area contributed by atoms with Gasteiger partial charge in [-0.1, -0.05) is 60.2 Å². The Morgan fingerprint density at radius 2 is 1.65 bits per heavy atom. The smallest absolute Gasteiger partial charge is 0.0716 e. The molecule has 2 aromatic carbocycles. The molecular weight excluding hydrogens is 246 g/mol. The van der Waals surface area contributed by atoms with Gasteiger partial charge in [0.2, 0.25) is 0 Å². The van der Waals surface area contributed by atoms with E-state index in [-0.39, 0.29) is 0 Å². The minimum absolute atomic E-state index is 0.707. The predicted octanol–water partition coefficient (Wildman–Crippen LogP) is 3.69. The monoisotopic (exact) mass is 269 g/mol. The van der Waals surface area contributed by atoms with Crippen LogP contribution in [0.5, 0.6) is 0 Å². The number of rotatable bonds is 8. The zero-order valence-electron chi connectivity index (χ0n) is 12.1. The highest BCUT2D eigenvalue weighted by Crippen LogP contribution is 2.04. The van der Waals surface area contributed by atoms with Gasteiger partial charge in [0.05, 0.1) is 6.61 Å². The van der Waals surface area contributed by atoms with Crippen molar-refractivity contribution in [2.75, 3.05) is 13.2 Å². The van der Waals surface area contributed by atoms with E-state index in [1.807, 2.05) is 6.07 Å². The topological polar surface area (TPSA) is 21.3 Å². The number of ether oxygens (including phenoxy) is 1. The van der Waals surface area contributed by atoms with Gasteiger partial charge in [-0.3, -0.25) is 0 Å². The molecule has 0 bridgehead atoms. The van der Waals surface area contributed by atoms with Gasteiger partial charge >= 0.3 is 0 Å². The van der Waals surface area contributed by atoms with Gasteiger partial charge in [-0.15, -0.1) is 0 Å². The Morgan fingerprint density at radius 3 is 2.40 bits per heavy atom. The Hall–Kier alpha value is -1.64. The molecule has 0 amide bonds. The van der Waals surface area contributed by atoms with E-state index in [1.54, 1.807) is 0 Å². The van der Waals surface area contributed by atoms with Gasteiger partial charge in [-0.2, -0.15) is 0 Å². The summed E-state index contributed by atoms with van der Waals surface area (Å²) in [6.07, 6.45) is 1.04. The highest BCUT2D eigenvalue weighted by molar-refractivity contribution is 5.20. The van der Waals surface area contributed by atoms with E-state index in [2.05, 4.69) is 60.8 Å². The Morgan fingerprint density at radius 1 is 0.900 bits per heavy atom. The molecule has 0 spiro atoms. The summed E-state index contributed by atoms with van der Waals surface area (Å²) in [5.41, 5.74) is 3.86. The summed E-state index contributed by atoms with van der Waals surface area (Å²) in [6, 6.07) is 19.0. The van der Waals surface area contributed by atoms with Crippen molar-refractivity contribution in [3.63, 3.8) is 0 Å². The van der Waals surface area contributed by atoms with Crippen molar-refractivity contribution in [2.45, 2.75) is 26.5 Å². The number of hydrogen-bond acceptors (Lipinski definition) is 2. The third kappa shape index (κ3) is 5.55. The van der Waals surface area contributed by atoms with E-state index in [1.165, 1.54) is 16.7 Å². The molecule has 0 heterocycles. The van der Waals surface area contributed by atoms with Crippen LogP contribution in [0.3, 0.4) is 0 Å². The van der Waals surface area contributed by atoms with Crippen LogP contribution < -0.4 is 5.32 Å². The molecule has 0 radical (unpaired) electrons. The summed E-state index contributed by atoms with van der Waals surface area (Å²) in [7, 11) is 0. The first kappa shape index (κ1) is 14.8. The zero-order chi connectivity index (χ0) is 14.0. The maximum Gasteiger partial charge on any atom is 0.0716 e. The first-order valence-corrected chi connectivity index (χ1v) is 7.22. The van der Waals surface area contributed by atoms with Crippen molar-refractivity contribution in [1.29, 1.82) is 0 Å². The van der Waals surface area contributed by atoms with Crippen LogP contribution in [0.4, 0.5) is 0 Å². The number of aryl methyl sites for hydroxylation is 1. The largest absolute Gasteiger partial charge is 0.377 e. The Bertz CT molecular complexity index is 479. The SMILES string of the molecule is Cc1ccc(COCCCNCc2ccccc2)cc1. The second-order valence-corrected chi connectivity index (χ2v) is 5.05. The molecule has 0 saturated heterocycles. The van der Waals surface area contributed by atoms with E-state index in [0.717, 1.165) is 26.1 Å². The molecular formula is C18H23NO. The highest BCUT2D eigenvalue weighted by atomic mass is 16.5. The Labute approximate surface area is 121 Å². The van der Waals surface area contributed by atoms with E-state index < -0.39 is 0 Å². The summed E-state index contributed by atoms with van der Waals surface area (Å²) < 4.78 is 5.67. The molecule has 0 atom stereocenters. The summed E-state index contributed by atoms with van der Waals surface area (Å²) >= 11 is 0. The van der Waals surface area contributed by atoms with Crippen molar-refractivity contribution in [3.05, 3.63) is 71.3 Å². The van der Waals surface area contributed by atoms with Crippen molar-refractivity contribution >= 4 is 0 Å². The van der Waals surface area contributed by atoms with E-state index in [4.69, 9.17) is 4.74 Å². The molecule has 0 saturated carbocycles. The third-order valence-corrected chi connectivity index (χ3v) is 3.20. The van der Waals surface area contributed by atoms with Gasteiger partial charge in [0.15, 0.2) is 0 Å². The molecule has 0 aromatic heterocycles. The second kappa shape index (κ2) is 8.51. The van der Waals surface area contributed by atoms with Crippen LogP contribution in [0, 0.1) is 6.92 Å². The molecule has 0 aliphatic heterocycles. The fourth-order valence-corrected chi connectivity index (χ4v) is 2.00. The zero-order valence-corrected chi connectivity index (χ0v) is 12.1. The Balaban J connectivity index is 1.51. The molecule has 106 valence electrons. The highest BCUT2D eigenvalue weighted by Gasteiger charge is 1.94. The number of nitrogens with one attached hydrogen (secondary N) is 1. The van der Waals surface area contributed by atoms with Crippen LogP contribution in [-0.4, -0.2) is 13.2 Å². The minimum atomic E-state index is 0.707. The molecule has 2 heteroatoms. The maximum absolute atomic E-state index is 5.67. The summed E-state index contributed by atoms with van der Waals surface area (Å²) in [5.74, 6) is 0. The lowest BCUT2D eigenvalue weighted by molar-refractivity contribution is 0.118. The average molecular weight is 269 g/mol. The lowest BCUT2D eigenvalue weighted by Crippen LogP contribution is -2.16. The van der Waals surface area contributed by atoms with Gasteiger partial charge in [0, 0.05) is 13.2 Å². The van der Waals surface area contributed by atoms with E-state index in [9.17, 15) is 0 Å². The van der Waals surface area contributed by atoms with Crippen LogP contribution in [-0.2, 0) is 17.9 Å². The minimum Gasteiger partial charge on any atom is -0.377 e. The van der Waals surface area contributed by atoms with E-state index in [0.29, 0.717) is 6.61 Å². The van der Waals surface area contributed by atoms with E-state index >= 15 is 0 Å². The molecule has 0 aliphatic rings. The van der Waals surface area contributed by atoms with Crippen LogP contribution in [0.15, 0.2) is 54.6 Å². The molecule has 2 nitrogen and oxygen atoms in total. The predicted molar refractivity (Wildman–Crippen MR) is 83.6 cm³/mol. The number of hydrogen-bond donors (Lipinski definition) is 1. The van der Waals surface area contributed by atoms with Gasteiger partial charge in [-0.25, -0.2) is 0 Å². The quantitative estimate of drug-likeness (QED) is 0.738. The van der Waals surface area contributed by atoms with Crippen LogP contribution in [0.2, 0.25) is 0 Å². The fraction of sp³-hybridized carbons (Fsp3) is 0.333. The Kier molecular flexibility index (Phi) is 6.28. The second-order valence-electron chi connectivity index (χ2n) is 5.05. The molecule has 2 rings (SSSR count). The third-order valence-electron chi connectivity index (χ3n) is 3.20. The van der Waals surface area contributed by atoms with Gasteiger partial charge in [-0.05, 0) is 31.0 Å². The van der Waals surface area contributed by atoms with Crippen LogP contribution in [0.25, 0.3) is 0 Å². The molecule has 1 N–H and O–H groups in total. The lowest BCUT2D eigenvalue weighted by Gasteiger charge is -2.06. The first-order valence-electron chi connectivity index (χ1n) is 7.22. The van der Waals surface area contributed by atoms with Crippen LogP contribution >= 0.6 is 0 Å². The van der Waals surface area contributed by atoms with Crippen molar-refractivity contribution in [2.24, 2.45) is 0 Å². The average Bonchev–Trinajstić information content (AvgIpc) is 2.49. The molecule has 0 fully saturated rings. The van der Waals surface area contributed by atoms with Crippen molar-refractivity contribution in [1.82, 2.24) is 5.32 Å². The van der Waals surface area contributed by atoms with Gasteiger partial charge in [0.1, 0.15) is 0 Å². The van der Waals surface area contributed by atoms with Crippen molar-refractivity contribution in [3.8, 4) is 0 Å². The molecule has 2 aromatic rings. The lowest BCUT2D eigenvalue weighted by atomic mass is 10.2. The maximum atomic E-state index is 5.67.